The van der Waals surface area contributed by atoms with Gasteiger partial charge >= 0.3 is 12.4 Å². The first kappa shape index (κ1) is 23.9. The van der Waals surface area contributed by atoms with Crippen molar-refractivity contribution in [1.82, 2.24) is 24.0 Å². The van der Waals surface area contributed by atoms with E-state index in [1.165, 1.54) is 28.4 Å². The molecule has 5 rings (SSSR count). The third-order valence-corrected chi connectivity index (χ3v) is 7.40. The van der Waals surface area contributed by atoms with Crippen LogP contribution in [-0.2, 0) is 0 Å². The van der Waals surface area contributed by atoms with E-state index in [0.717, 1.165) is 36.6 Å². The molecule has 2 aliphatic rings. The molecule has 2 bridgehead atoms. The number of hydrogen-bond acceptors (Lipinski definition) is 8. The zero-order chi connectivity index (χ0) is 25.0. The Hall–Kier alpha value is -2.84. The van der Waals surface area contributed by atoms with Gasteiger partial charge in [-0.2, -0.15) is 35.7 Å². The Bertz CT molecular complexity index is 1170. The van der Waals surface area contributed by atoms with E-state index in [0.29, 0.717) is 11.8 Å². The van der Waals surface area contributed by atoms with E-state index < -0.39 is 30.8 Å². The molecule has 15 heteroatoms. The predicted molar refractivity (Wildman–Crippen MR) is 115 cm³/mol. The van der Waals surface area contributed by atoms with Crippen LogP contribution >= 0.6 is 11.5 Å². The summed E-state index contributed by atoms with van der Waals surface area (Å²) in [5.41, 5.74) is 0.915. The van der Waals surface area contributed by atoms with Crippen LogP contribution in [0, 0.1) is 24.7 Å². The third-order valence-electron chi connectivity index (χ3n) is 6.46. The van der Waals surface area contributed by atoms with Crippen molar-refractivity contribution in [2.24, 2.45) is 17.8 Å². The van der Waals surface area contributed by atoms with Crippen LogP contribution < -0.4 is 15.0 Å². The first-order chi connectivity index (χ1) is 16.5. The SMILES string of the molecule is Cc1cc(N2C[C@H]3CC[C@@H](C2)[C@@H]3Nc2nc3c(OCC(C(F)(F)F)C(F)(F)F)nccn3n2)sn1. The first-order valence-electron chi connectivity index (χ1n) is 10.9. The van der Waals surface area contributed by atoms with E-state index in [-0.39, 0.29) is 17.6 Å². The largest absolute Gasteiger partial charge is 0.474 e. The summed E-state index contributed by atoms with van der Waals surface area (Å²) in [6.07, 6.45) is -6.39. The Labute approximate surface area is 199 Å². The smallest absolute Gasteiger partial charge is 0.403 e. The van der Waals surface area contributed by atoms with E-state index in [4.69, 9.17) is 4.74 Å². The molecular formula is C20H21F6N7OS. The highest BCUT2D eigenvalue weighted by molar-refractivity contribution is 7.10. The van der Waals surface area contributed by atoms with Crippen LogP contribution in [0.2, 0.25) is 0 Å². The molecule has 1 aliphatic carbocycles. The maximum absolute atomic E-state index is 12.8. The average Bonchev–Trinajstić information content (AvgIpc) is 3.42. The lowest BCUT2D eigenvalue weighted by molar-refractivity contribution is -0.289. The highest BCUT2D eigenvalue weighted by Gasteiger charge is 2.57. The Morgan fingerprint density at radius 1 is 1.14 bits per heavy atom. The molecule has 8 nitrogen and oxygen atoms in total. The number of fused-ring (bicyclic) bond motifs is 3. The fourth-order valence-corrected chi connectivity index (χ4v) is 5.56. The first-order valence-corrected chi connectivity index (χ1v) is 11.7. The number of piperidine rings is 1. The summed E-state index contributed by atoms with van der Waals surface area (Å²) >= 11 is 1.47. The number of alkyl halides is 6. The molecule has 1 saturated heterocycles. The summed E-state index contributed by atoms with van der Waals surface area (Å²) in [5, 5.41) is 8.73. The second-order valence-corrected chi connectivity index (χ2v) is 9.65. The Morgan fingerprint density at radius 2 is 1.83 bits per heavy atom. The molecule has 1 saturated carbocycles. The van der Waals surface area contributed by atoms with Gasteiger partial charge in [0.15, 0.2) is 5.92 Å². The van der Waals surface area contributed by atoms with Crippen molar-refractivity contribution in [1.29, 1.82) is 0 Å². The topological polar surface area (TPSA) is 80.5 Å². The molecule has 35 heavy (non-hydrogen) atoms. The zero-order valence-corrected chi connectivity index (χ0v) is 19.2. The minimum Gasteiger partial charge on any atom is -0.474 e. The molecule has 0 radical (unpaired) electrons. The molecule has 3 atom stereocenters. The number of ether oxygens (including phenoxy) is 1. The molecule has 4 heterocycles. The average molecular weight is 521 g/mol. The fraction of sp³-hybridized carbons (Fsp3) is 0.600. The number of nitrogens with zero attached hydrogens (tertiary/aromatic N) is 6. The van der Waals surface area contributed by atoms with Gasteiger partial charge in [0.05, 0.1) is 5.69 Å². The van der Waals surface area contributed by atoms with Gasteiger partial charge in [0.1, 0.15) is 11.6 Å². The lowest BCUT2D eigenvalue weighted by Crippen LogP contribution is -2.48. The van der Waals surface area contributed by atoms with Crippen LogP contribution in [0.3, 0.4) is 0 Å². The maximum atomic E-state index is 12.8. The van der Waals surface area contributed by atoms with Gasteiger partial charge in [0.25, 0.3) is 5.88 Å². The van der Waals surface area contributed by atoms with Crippen LogP contribution in [0.25, 0.3) is 5.65 Å². The summed E-state index contributed by atoms with van der Waals surface area (Å²) < 4.78 is 87.5. The van der Waals surface area contributed by atoms with Gasteiger partial charge in [-0.05, 0) is 49.2 Å². The molecule has 3 aromatic heterocycles. The van der Waals surface area contributed by atoms with Crippen molar-refractivity contribution >= 4 is 28.1 Å². The predicted octanol–water partition coefficient (Wildman–Crippen LogP) is 4.34. The van der Waals surface area contributed by atoms with Gasteiger partial charge in [-0.25, -0.2) is 9.50 Å². The lowest BCUT2D eigenvalue weighted by atomic mass is 9.92. The monoisotopic (exact) mass is 521 g/mol. The summed E-state index contributed by atoms with van der Waals surface area (Å²) in [6, 6.07) is 2.16. The van der Waals surface area contributed by atoms with E-state index >= 15 is 0 Å². The van der Waals surface area contributed by atoms with E-state index in [1.807, 2.05) is 6.92 Å². The summed E-state index contributed by atoms with van der Waals surface area (Å²) in [6.45, 7) is 1.98. The molecule has 1 N–H and O–H groups in total. The van der Waals surface area contributed by atoms with Crippen LogP contribution in [0.15, 0.2) is 18.5 Å². The van der Waals surface area contributed by atoms with Gasteiger partial charge in [0, 0.05) is 31.5 Å². The van der Waals surface area contributed by atoms with Gasteiger partial charge in [-0.3, -0.25) is 0 Å². The van der Waals surface area contributed by atoms with E-state index in [9.17, 15) is 26.3 Å². The van der Waals surface area contributed by atoms with Crippen molar-refractivity contribution < 1.29 is 31.1 Å². The fourth-order valence-electron chi connectivity index (χ4n) is 4.78. The number of anilines is 2. The van der Waals surface area contributed by atoms with E-state index in [2.05, 4.69) is 35.7 Å². The van der Waals surface area contributed by atoms with Gasteiger partial charge in [-0.1, -0.05) is 0 Å². The van der Waals surface area contributed by atoms with Gasteiger partial charge < -0.3 is 15.0 Å². The van der Waals surface area contributed by atoms with Crippen LogP contribution in [0.4, 0.5) is 37.3 Å². The van der Waals surface area contributed by atoms with Crippen LogP contribution in [0.1, 0.15) is 18.5 Å². The molecule has 0 unspecified atom stereocenters. The standard InChI is InChI=1S/C20H21F6N7OS/c1-10-6-14(35-31-10)32-7-11-2-3-12(8-32)15(11)28-18-29-16-17(27-4-5-33(16)30-18)34-9-13(19(21,22)23)20(24,25)26/h4-6,11-13,15H,2-3,7-9H2,1H3,(H,28,30)/t11-,12+,15-. The summed E-state index contributed by atoms with van der Waals surface area (Å²) in [4.78, 5) is 10.4. The number of hydrogen-bond donors (Lipinski definition) is 1. The highest BCUT2D eigenvalue weighted by Crippen LogP contribution is 2.41. The minimum atomic E-state index is -5.50. The Morgan fingerprint density at radius 3 is 2.43 bits per heavy atom. The van der Waals surface area contributed by atoms with Crippen LogP contribution in [-0.4, -0.2) is 62.0 Å². The number of nitrogens with one attached hydrogen (secondary N) is 1. The van der Waals surface area contributed by atoms with E-state index in [1.54, 1.807) is 0 Å². The summed E-state index contributed by atoms with van der Waals surface area (Å²) in [5.74, 6) is -3.22. The maximum Gasteiger partial charge on any atom is 0.403 e. The van der Waals surface area contributed by atoms with Crippen LogP contribution in [0.5, 0.6) is 5.88 Å². The van der Waals surface area contributed by atoms with Gasteiger partial charge in [0.2, 0.25) is 11.6 Å². The van der Waals surface area contributed by atoms with Gasteiger partial charge in [-0.15, -0.1) is 5.10 Å². The van der Waals surface area contributed by atoms with Crippen molar-refractivity contribution in [3.8, 4) is 5.88 Å². The molecule has 0 spiro atoms. The Kier molecular flexibility index (Phi) is 5.92. The zero-order valence-electron chi connectivity index (χ0n) is 18.3. The second-order valence-electron chi connectivity index (χ2n) is 8.86. The molecule has 0 aromatic carbocycles. The minimum absolute atomic E-state index is 0.0667. The number of aryl methyl sites for hydroxylation is 1. The molecule has 0 amide bonds. The Balaban J connectivity index is 1.30. The number of rotatable bonds is 6. The second kappa shape index (κ2) is 8.68. The molecule has 3 aromatic rings. The third kappa shape index (κ3) is 4.82. The molecule has 190 valence electrons. The molecular weight excluding hydrogens is 500 g/mol. The molecule has 1 aliphatic heterocycles. The van der Waals surface area contributed by atoms with Crippen molar-refractivity contribution in [3.63, 3.8) is 0 Å². The number of aromatic nitrogens is 5. The normalized spacial score (nSPS) is 22.9. The van der Waals surface area contributed by atoms with Crippen molar-refractivity contribution in [2.75, 3.05) is 29.9 Å². The van der Waals surface area contributed by atoms with Crippen molar-refractivity contribution in [2.45, 2.75) is 38.2 Å². The van der Waals surface area contributed by atoms with Crippen molar-refractivity contribution in [3.05, 3.63) is 24.2 Å². The summed E-state index contributed by atoms with van der Waals surface area (Å²) in [7, 11) is 0. The molecule has 2 fully saturated rings. The quantitative estimate of drug-likeness (QED) is 0.484. The lowest BCUT2D eigenvalue weighted by Gasteiger charge is -2.38. The highest BCUT2D eigenvalue weighted by atomic mass is 32.1. The number of halogens is 6.